The lowest BCUT2D eigenvalue weighted by Crippen LogP contribution is -2.37. The Hall–Kier alpha value is -3.14. The van der Waals surface area contributed by atoms with Gasteiger partial charge in [0.15, 0.2) is 11.5 Å². The number of amides is 1. The number of nitrogens with zero attached hydrogens (tertiary/aromatic N) is 1. The van der Waals surface area contributed by atoms with E-state index in [1.165, 1.54) is 20.3 Å². The Morgan fingerprint density at radius 3 is 2.54 bits per heavy atom. The average molecular weight is 408 g/mol. The molecule has 1 amide bonds. The van der Waals surface area contributed by atoms with Crippen molar-refractivity contribution >= 4 is 27.3 Å². The standard InChI is InChI=1S/C18H20N2O7S/c1-24-13-5-7-15(25-2)14(9-13)19-18(21)10-20(28(3,22)23)12-4-6-16-17(8-12)27-11-26-16/h4-9H,10-11H2,1-3H3,(H,19,21). The third-order valence-electron chi connectivity index (χ3n) is 4.01. The van der Waals surface area contributed by atoms with Crippen molar-refractivity contribution in [3.63, 3.8) is 0 Å². The number of carbonyl (C=O) groups excluding carboxylic acids is 1. The van der Waals surface area contributed by atoms with Crippen molar-refractivity contribution in [2.45, 2.75) is 0 Å². The number of nitrogens with one attached hydrogen (secondary N) is 1. The van der Waals surface area contributed by atoms with Gasteiger partial charge in [0.1, 0.15) is 18.0 Å². The third kappa shape index (κ3) is 4.22. The zero-order chi connectivity index (χ0) is 20.3. The van der Waals surface area contributed by atoms with Crippen molar-refractivity contribution in [3.8, 4) is 23.0 Å². The molecular weight excluding hydrogens is 388 g/mol. The van der Waals surface area contributed by atoms with Crippen molar-refractivity contribution < 1.29 is 32.2 Å². The predicted octanol–water partition coefficient (Wildman–Crippen LogP) is 1.84. The predicted molar refractivity (Wildman–Crippen MR) is 103 cm³/mol. The van der Waals surface area contributed by atoms with Crippen LogP contribution in [-0.2, 0) is 14.8 Å². The third-order valence-corrected chi connectivity index (χ3v) is 5.15. The Balaban J connectivity index is 1.83. The molecule has 2 aromatic rings. The lowest BCUT2D eigenvalue weighted by molar-refractivity contribution is -0.114. The van der Waals surface area contributed by atoms with E-state index in [0.29, 0.717) is 34.4 Å². The van der Waals surface area contributed by atoms with Gasteiger partial charge < -0.3 is 24.3 Å². The summed E-state index contributed by atoms with van der Waals surface area (Å²) in [5, 5.41) is 2.65. The van der Waals surface area contributed by atoms with Crippen LogP contribution in [0.5, 0.6) is 23.0 Å². The summed E-state index contributed by atoms with van der Waals surface area (Å²) in [5.74, 6) is 1.33. The molecule has 1 aliphatic rings. The van der Waals surface area contributed by atoms with Gasteiger partial charge in [0.05, 0.1) is 31.9 Å². The van der Waals surface area contributed by atoms with E-state index in [9.17, 15) is 13.2 Å². The summed E-state index contributed by atoms with van der Waals surface area (Å²) in [6.07, 6.45) is 1.02. The highest BCUT2D eigenvalue weighted by molar-refractivity contribution is 7.92. The van der Waals surface area contributed by atoms with E-state index in [-0.39, 0.29) is 6.79 Å². The number of hydrogen-bond acceptors (Lipinski definition) is 7. The molecule has 0 fully saturated rings. The first-order valence-corrected chi connectivity index (χ1v) is 10.1. The number of rotatable bonds is 7. The molecule has 0 spiro atoms. The van der Waals surface area contributed by atoms with Gasteiger partial charge in [-0.2, -0.15) is 0 Å². The van der Waals surface area contributed by atoms with Crippen LogP contribution in [0.25, 0.3) is 0 Å². The largest absolute Gasteiger partial charge is 0.497 e. The molecule has 0 atom stereocenters. The molecule has 2 aromatic carbocycles. The second-order valence-corrected chi connectivity index (χ2v) is 7.83. The van der Waals surface area contributed by atoms with Crippen LogP contribution in [-0.4, -0.2) is 48.1 Å². The SMILES string of the molecule is COc1ccc(OC)c(NC(=O)CN(c2ccc3c(c2)OCO3)S(C)(=O)=O)c1. The first kappa shape index (κ1) is 19.6. The van der Waals surface area contributed by atoms with Gasteiger partial charge in [-0.25, -0.2) is 8.42 Å². The first-order valence-electron chi connectivity index (χ1n) is 8.21. The molecule has 0 unspecified atom stereocenters. The molecule has 0 saturated carbocycles. The number of fused-ring (bicyclic) bond motifs is 1. The molecule has 28 heavy (non-hydrogen) atoms. The molecule has 0 radical (unpaired) electrons. The highest BCUT2D eigenvalue weighted by Crippen LogP contribution is 2.36. The molecule has 0 aliphatic carbocycles. The number of anilines is 2. The van der Waals surface area contributed by atoms with Gasteiger partial charge in [0.2, 0.25) is 22.7 Å². The van der Waals surface area contributed by atoms with Crippen molar-refractivity contribution in [2.75, 3.05) is 43.4 Å². The number of benzene rings is 2. The monoisotopic (exact) mass is 408 g/mol. The summed E-state index contributed by atoms with van der Waals surface area (Å²) in [6, 6.07) is 9.57. The lowest BCUT2D eigenvalue weighted by atomic mass is 10.2. The van der Waals surface area contributed by atoms with Crippen molar-refractivity contribution in [3.05, 3.63) is 36.4 Å². The van der Waals surface area contributed by atoms with Crippen LogP contribution < -0.4 is 28.6 Å². The summed E-state index contributed by atoms with van der Waals surface area (Å²) in [6.45, 7) is -0.368. The van der Waals surface area contributed by atoms with Crippen LogP contribution in [0, 0.1) is 0 Å². The number of carbonyl (C=O) groups is 1. The fourth-order valence-corrected chi connectivity index (χ4v) is 3.52. The van der Waals surface area contributed by atoms with Gasteiger partial charge in [-0.15, -0.1) is 0 Å². The van der Waals surface area contributed by atoms with Gasteiger partial charge in [-0.3, -0.25) is 9.10 Å². The van der Waals surface area contributed by atoms with E-state index in [1.54, 1.807) is 30.3 Å². The molecule has 9 nitrogen and oxygen atoms in total. The highest BCUT2D eigenvalue weighted by atomic mass is 32.2. The quantitative estimate of drug-likeness (QED) is 0.745. The minimum Gasteiger partial charge on any atom is -0.497 e. The Bertz CT molecular complexity index is 991. The Morgan fingerprint density at radius 1 is 1.11 bits per heavy atom. The summed E-state index contributed by atoms with van der Waals surface area (Å²) in [4.78, 5) is 12.6. The maximum Gasteiger partial charge on any atom is 0.245 e. The second-order valence-electron chi connectivity index (χ2n) is 5.92. The normalized spacial score (nSPS) is 12.4. The average Bonchev–Trinajstić information content (AvgIpc) is 3.12. The van der Waals surface area contributed by atoms with Gasteiger partial charge in [-0.05, 0) is 24.3 Å². The Labute approximate surface area is 162 Å². The minimum atomic E-state index is -3.73. The summed E-state index contributed by atoms with van der Waals surface area (Å²) >= 11 is 0. The molecule has 1 heterocycles. The van der Waals surface area contributed by atoms with Crippen LogP contribution in [0.1, 0.15) is 0 Å². The maximum absolute atomic E-state index is 12.6. The van der Waals surface area contributed by atoms with Gasteiger partial charge in [0, 0.05) is 12.1 Å². The number of hydrogen-bond donors (Lipinski definition) is 1. The van der Waals surface area contributed by atoms with Crippen LogP contribution in [0.3, 0.4) is 0 Å². The Kier molecular flexibility index (Phi) is 5.50. The summed E-state index contributed by atoms with van der Waals surface area (Å²) in [7, 11) is -0.767. The van der Waals surface area contributed by atoms with Crippen LogP contribution >= 0.6 is 0 Å². The molecule has 1 aliphatic heterocycles. The van der Waals surface area contributed by atoms with E-state index < -0.39 is 22.5 Å². The molecule has 0 bridgehead atoms. The van der Waals surface area contributed by atoms with Crippen LogP contribution in [0.2, 0.25) is 0 Å². The fraction of sp³-hybridized carbons (Fsp3) is 0.278. The van der Waals surface area contributed by atoms with E-state index in [2.05, 4.69) is 5.32 Å². The van der Waals surface area contributed by atoms with E-state index >= 15 is 0 Å². The molecule has 3 rings (SSSR count). The Morgan fingerprint density at radius 2 is 1.86 bits per heavy atom. The number of ether oxygens (including phenoxy) is 4. The highest BCUT2D eigenvalue weighted by Gasteiger charge is 2.24. The second kappa shape index (κ2) is 7.85. The number of sulfonamides is 1. The van der Waals surface area contributed by atoms with Crippen molar-refractivity contribution in [2.24, 2.45) is 0 Å². The van der Waals surface area contributed by atoms with Gasteiger partial charge in [-0.1, -0.05) is 0 Å². The summed E-state index contributed by atoms with van der Waals surface area (Å²) < 4.78 is 46.4. The van der Waals surface area contributed by atoms with Crippen molar-refractivity contribution in [1.29, 1.82) is 0 Å². The minimum absolute atomic E-state index is 0.0633. The smallest absolute Gasteiger partial charge is 0.245 e. The summed E-state index contributed by atoms with van der Waals surface area (Å²) in [5.41, 5.74) is 0.658. The zero-order valence-corrected chi connectivity index (χ0v) is 16.4. The van der Waals surface area contributed by atoms with Crippen molar-refractivity contribution in [1.82, 2.24) is 0 Å². The molecule has 10 heteroatoms. The maximum atomic E-state index is 12.6. The van der Waals surface area contributed by atoms with Crippen LogP contribution in [0.4, 0.5) is 11.4 Å². The molecule has 0 saturated heterocycles. The topological polar surface area (TPSA) is 103 Å². The fourth-order valence-electron chi connectivity index (χ4n) is 2.67. The molecule has 0 aromatic heterocycles. The van der Waals surface area contributed by atoms with E-state index in [0.717, 1.165) is 10.6 Å². The number of methoxy groups -OCH3 is 2. The van der Waals surface area contributed by atoms with E-state index in [4.69, 9.17) is 18.9 Å². The van der Waals surface area contributed by atoms with Gasteiger partial charge >= 0.3 is 0 Å². The van der Waals surface area contributed by atoms with Gasteiger partial charge in [0.25, 0.3) is 0 Å². The zero-order valence-electron chi connectivity index (χ0n) is 15.6. The van der Waals surface area contributed by atoms with Crippen LogP contribution in [0.15, 0.2) is 36.4 Å². The first-order chi connectivity index (χ1) is 13.3. The molecule has 150 valence electrons. The molecular formula is C18H20N2O7S. The molecule has 1 N–H and O–H groups in total. The van der Waals surface area contributed by atoms with E-state index in [1.807, 2.05) is 0 Å². The lowest BCUT2D eigenvalue weighted by Gasteiger charge is -2.22.